The van der Waals surface area contributed by atoms with Crippen molar-refractivity contribution in [3.63, 3.8) is 0 Å². The first-order chi connectivity index (χ1) is 9.88. The van der Waals surface area contributed by atoms with Crippen molar-refractivity contribution < 1.29 is 18.8 Å². The van der Waals surface area contributed by atoms with Crippen molar-refractivity contribution in [2.75, 3.05) is 6.61 Å². The molecule has 2 aromatic rings. The van der Waals surface area contributed by atoms with E-state index in [0.29, 0.717) is 9.35 Å². The fraction of sp³-hybridized carbons (Fsp3) is 0.0833. The van der Waals surface area contributed by atoms with E-state index in [-0.39, 0.29) is 23.8 Å². The van der Waals surface area contributed by atoms with Crippen LogP contribution in [0.25, 0.3) is 0 Å². The molecule has 0 amide bonds. The molecule has 110 valence electrons. The molecule has 0 aliphatic rings. The third-order valence-electron chi connectivity index (χ3n) is 2.44. The smallest absolute Gasteiger partial charge is 0.272 e. The Labute approximate surface area is 139 Å². The number of hydrogen-bond acceptors (Lipinski definition) is 5. The zero-order valence-corrected chi connectivity index (χ0v) is 14.1. The Hall–Kier alpha value is -1.32. The van der Waals surface area contributed by atoms with Gasteiger partial charge < -0.3 is 4.74 Å². The molecule has 1 heterocycles. The van der Waals surface area contributed by atoms with Gasteiger partial charge in [0.1, 0.15) is 0 Å². The van der Waals surface area contributed by atoms with Gasteiger partial charge in [-0.3, -0.25) is 14.9 Å². The quantitative estimate of drug-likeness (QED) is 0.389. The Morgan fingerprint density at radius 3 is 2.62 bits per heavy atom. The second kappa shape index (κ2) is 6.63. The maximum absolute atomic E-state index is 13.6. The lowest BCUT2D eigenvalue weighted by Gasteiger charge is -2.06. The minimum atomic E-state index is -0.887. The molecule has 0 N–H and O–H groups in total. The first-order valence-corrected chi connectivity index (χ1v) is 7.83. The normalized spacial score (nSPS) is 10.4. The standard InChI is InChI=1S/C12H6Br2FNO4S/c13-11-4-7(12(14)21-11)9(17)5-20-10-2-1-6(16(18)19)3-8(10)15/h1-4H,5H2. The predicted octanol–water partition coefficient (Wildman–Crippen LogP) is 4.58. The van der Waals surface area contributed by atoms with E-state index in [1.165, 1.54) is 11.3 Å². The molecule has 0 bridgehead atoms. The number of non-ortho nitro benzene ring substituents is 1. The number of Topliss-reactive ketones (excluding diaryl/α,β-unsaturated/α-hetero) is 1. The van der Waals surface area contributed by atoms with Crippen LogP contribution in [0.1, 0.15) is 10.4 Å². The van der Waals surface area contributed by atoms with Gasteiger partial charge in [0.15, 0.2) is 18.2 Å². The van der Waals surface area contributed by atoms with E-state index in [2.05, 4.69) is 31.9 Å². The molecule has 0 saturated heterocycles. The topological polar surface area (TPSA) is 69.4 Å². The number of ether oxygens (including phenoxy) is 1. The monoisotopic (exact) mass is 437 g/mol. The molecule has 5 nitrogen and oxygen atoms in total. The highest BCUT2D eigenvalue weighted by Gasteiger charge is 2.16. The van der Waals surface area contributed by atoms with E-state index in [0.717, 1.165) is 22.0 Å². The molecule has 1 aromatic heterocycles. The summed E-state index contributed by atoms with van der Waals surface area (Å²) in [4.78, 5) is 21.7. The van der Waals surface area contributed by atoms with Crippen LogP contribution in [-0.4, -0.2) is 17.3 Å². The zero-order valence-electron chi connectivity index (χ0n) is 10.1. The average molecular weight is 439 g/mol. The zero-order chi connectivity index (χ0) is 15.6. The molecule has 9 heteroatoms. The van der Waals surface area contributed by atoms with Gasteiger partial charge in [0.2, 0.25) is 5.78 Å². The van der Waals surface area contributed by atoms with Crippen LogP contribution in [0.3, 0.4) is 0 Å². The highest BCUT2D eigenvalue weighted by Crippen LogP contribution is 2.32. The van der Waals surface area contributed by atoms with E-state index in [4.69, 9.17) is 4.74 Å². The van der Waals surface area contributed by atoms with Gasteiger partial charge in [-0.05, 0) is 44.0 Å². The summed E-state index contributed by atoms with van der Waals surface area (Å²) in [7, 11) is 0. The van der Waals surface area contributed by atoms with Crippen molar-refractivity contribution in [3.05, 3.63) is 53.3 Å². The third kappa shape index (κ3) is 3.86. The molecule has 0 fully saturated rings. The molecule has 0 unspecified atom stereocenters. The second-order valence-electron chi connectivity index (χ2n) is 3.82. The maximum atomic E-state index is 13.6. The van der Waals surface area contributed by atoms with Crippen molar-refractivity contribution in [2.24, 2.45) is 0 Å². The Kier molecular flexibility index (Phi) is 5.07. The molecular formula is C12H6Br2FNO4S. The summed E-state index contributed by atoms with van der Waals surface area (Å²) in [6.45, 7) is -0.365. The molecule has 2 rings (SSSR count). The largest absolute Gasteiger partial charge is 0.482 e. The molecule has 0 radical (unpaired) electrons. The first-order valence-electron chi connectivity index (χ1n) is 5.43. The lowest BCUT2D eigenvalue weighted by atomic mass is 10.2. The first kappa shape index (κ1) is 16.1. The van der Waals surface area contributed by atoms with Crippen LogP contribution in [0.4, 0.5) is 10.1 Å². The van der Waals surface area contributed by atoms with Crippen LogP contribution in [0, 0.1) is 15.9 Å². The predicted molar refractivity (Wildman–Crippen MR) is 82.6 cm³/mol. The van der Waals surface area contributed by atoms with Gasteiger partial charge in [-0.2, -0.15) is 0 Å². The number of thiophene rings is 1. The number of carbonyl (C=O) groups excluding carboxylic acids is 1. The van der Waals surface area contributed by atoms with Crippen molar-refractivity contribution in [3.8, 4) is 5.75 Å². The van der Waals surface area contributed by atoms with E-state index in [1.807, 2.05) is 0 Å². The number of nitro benzene ring substituents is 1. The van der Waals surface area contributed by atoms with Gasteiger partial charge in [-0.25, -0.2) is 4.39 Å². The number of hydrogen-bond donors (Lipinski definition) is 0. The average Bonchev–Trinajstić information content (AvgIpc) is 2.75. The highest BCUT2D eigenvalue weighted by molar-refractivity contribution is 9.12. The lowest BCUT2D eigenvalue weighted by Crippen LogP contribution is -2.12. The van der Waals surface area contributed by atoms with Crippen LogP contribution in [-0.2, 0) is 0 Å². The minimum absolute atomic E-state index is 0.209. The van der Waals surface area contributed by atoms with Crippen molar-refractivity contribution in [1.82, 2.24) is 0 Å². The summed E-state index contributed by atoms with van der Waals surface area (Å²) < 4.78 is 20.1. The molecule has 21 heavy (non-hydrogen) atoms. The summed E-state index contributed by atoms with van der Waals surface area (Å²) in [6, 6.07) is 4.61. The molecule has 0 aliphatic carbocycles. The van der Waals surface area contributed by atoms with E-state index in [9.17, 15) is 19.3 Å². The second-order valence-corrected chi connectivity index (χ2v) is 7.57. The number of nitrogens with zero attached hydrogens (tertiary/aromatic N) is 1. The van der Waals surface area contributed by atoms with E-state index in [1.54, 1.807) is 6.07 Å². The van der Waals surface area contributed by atoms with Crippen molar-refractivity contribution in [1.29, 1.82) is 0 Å². The van der Waals surface area contributed by atoms with Gasteiger partial charge in [-0.1, -0.05) is 0 Å². The summed E-state index contributed by atoms with van der Waals surface area (Å²) in [5.74, 6) is -1.43. The molecule has 1 aromatic carbocycles. The highest BCUT2D eigenvalue weighted by atomic mass is 79.9. The summed E-state index contributed by atoms with van der Waals surface area (Å²) >= 11 is 7.83. The lowest BCUT2D eigenvalue weighted by molar-refractivity contribution is -0.385. The van der Waals surface area contributed by atoms with Crippen LogP contribution in [0.15, 0.2) is 31.8 Å². The van der Waals surface area contributed by atoms with E-state index >= 15 is 0 Å². The minimum Gasteiger partial charge on any atom is -0.482 e. The van der Waals surface area contributed by atoms with Crippen LogP contribution < -0.4 is 4.74 Å². The van der Waals surface area contributed by atoms with Crippen LogP contribution in [0.2, 0.25) is 0 Å². The SMILES string of the molecule is O=C(COc1ccc([N+](=O)[O-])cc1F)c1cc(Br)sc1Br. The molecule has 0 aliphatic heterocycles. The Bertz CT molecular complexity index is 719. The number of carbonyl (C=O) groups is 1. The molecule has 0 atom stereocenters. The molecular weight excluding hydrogens is 433 g/mol. The number of rotatable bonds is 5. The van der Waals surface area contributed by atoms with Crippen LogP contribution in [0.5, 0.6) is 5.75 Å². The van der Waals surface area contributed by atoms with Crippen molar-refractivity contribution in [2.45, 2.75) is 0 Å². The Morgan fingerprint density at radius 2 is 2.10 bits per heavy atom. The van der Waals surface area contributed by atoms with Gasteiger partial charge in [0.05, 0.1) is 18.6 Å². The maximum Gasteiger partial charge on any atom is 0.272 e. The number of nitro groups is 1. The fourth-order valence-corrected chi connectivity index (χ4v) is 4.33. The number of ketones is 1. The fourth-order valence-electron chi connectivity index (χ4n) is 1.47. The van der Waals surface area contributed by atoms with E-state index < -0.39 is 10.7 Å². The summed E-state index contributed by atoms with van der Waals surface area (Å²) in [6.07, 6.45) is 0. The van der Waals surface area contributed by atoms with Gasteiger partial charge in [0, 0.05) is 11.6 Å². The molecule has 0 saturated carbocycles. The van der Waals surface area contributed by atoms with Gasteiger partial charge >= 0.3 is 0 Å². The number of benzene rings is 1. The summed E-state index contributed by atoms with van der Waals surface area (Å²) in [5, 5.41) is 10.5. The van der Waals surface area contributed by atoms with Crippen molar-refractivity contribution >= 4 is 54.7 Å². The Morgan fingerprint density at radius 1 is 1.38 bits per heavy atom. The summed E-state index contributed by atoms with van der Waals surface area (Å²) in [5.41, 5.74) is 0.0462. The van der Waals surface area contributed by atoms with Gasteiger partial charge in [0.25, 0.3) is 5.69 Å². The molecule has 0 spiro atoms. The van der Waals surface area contributed by atoms with Crippen LogP contribution >= 0.6 is 43.2 Å². The Balaban J connectivity index is 2.08. The third-order valence-corrected chi connectivity index (χ3v) is 4.78. The number of halogens is 3. The van der Waals surface area contributed by atoms with Gasteiger partial charge in [-0.15, -0.1) is 11.3 Å².